The molecule has 0 saturated carbocycles. The van der Waals surface area contributed by atoms with E-state index in [1.807, 2.05) is 6.07 Å². The first-order valence-electron chi connectivity index (χ1n) is 6.43. The Bertz CT molecular complexity index is 540. The van der Waals surface area contributed by atoms with E-state index in [2.05, 4.69) is 37.2 Å². The predicted octanol–water partition coefficient (Wildman–Crippen LogP) is 3.59. The number of hydrogen-bond donors (Lipinski definition) is 1. The van der Waals surface area contributed by atoms with Crippen molar-refractivity contribution in [1.82, 2.24) is 5.32 Å². The molecule has 2 atom stereocenters. The van der Waals surface area contributed by atoms with Crippen LogP contribution in [0.25, 0.3) is 0 Å². The van der Waals surface area contributed by atoms with E-state index in [-0.39, 0.29) is 10.6 Å². The molecular formula is C13H14Br2N2O2. The lowest BCUT2D eigenvalue weighted by molar-refractivity contribution is -0.386. The highest BCUT2D eigenvalue weighted by atomic mass is 79.9. The van der Waals surface area contributed by atoms with Crippen molar-refractivity contribution in [3.05, 3.63) is 36.3 Å². The zero-order chi connectivity index (χ0) is 13.6. The van der Waals surface area contributed by atoms with Gasteiger partial charge in [-0.05, 0) is 81.6 Å². The molecule has 2 unspecified atom stereocenters. The second-order valence-corrected chi connectivity index (χ2v) is 7.02. The topological polar surface area (TPSA) is 55.2 Å². The van der Waals surface area contributed by atoms with E-state index in [0.717, 1.165) is 35.0 Å². The average molecular weight is 390 g/mol. The van der Waals surface area contributed by atoms with Gasteiger partial charge in [0.05, 0.1) is 4.92 Å². The smallest absolute Gasteiger partial charge is 0.288 e. The number of benzene rings is 1. The van der Waals surface area contributed by atoms with Gasteiger partial charge in [-0.3, -0.25) is 10.1 Å². The Morgan fingerprint density at radius 1 is 1.32 bits per heavy atom. The maximum Gasteiger partial charge on any atom is 0.288 e. The van der Waals surface area contributed by atoms with Crippen LogP contribution in [0.15, 0.2) is 15.0 Å². The Morgan fingerprint density at radius 3 is 2.74 bits per heavy atom. The van der Waals surface area contributed by atoms with Crippen molar-refractivity contribution in [2.45, 2.75) is 31.7 Å². The van der Waals surface area contributed by atoms with Gasteiger partial charge in [0.25, 0.3) is 5.69 Å². The summed E-state index contributed by atoms with van der Waals surface area (Å²) in [6.07, 6.45) is 4.03. The van der Waals surface area contributed by atoms with Crippen LogP contribution >= 0.6 is 31.9 Å². The standard InChI is InChI=1S/C13H14Br2N2O2/c14-11-5-8-4-9-2-1-7(6-16-9)3-10(8)13(12(11)15)17(18)19/h5,7,9,16H,1-4,6H2. The van der Waals surface area contributed by atoms with Crippen LogP contribution < -0.4 is 5.32 Å². The quantitative estimate of drug-likeness (QED) is 0.589. The predicted molar refractivity (Wildman–Crippen MR) is 80.4 cm³/mol. The van der Waals surface area contributed by atoms with Gasteiger partial charge in [-0.2, -0.15) is 0 Å². The van der Waals surface area contributed by atoms with Crippen molar-refractivity contribution >= 4 is 37.5 Å². The third-order valence-corrected chi connectivity index (χ3v) is 6.11. The first-order valence-corrected chi connectivity index (χ1v) is 8.02. The molecule has 2 bridgehead atoms. The van der Waals surface area contributed by atoms with Crippen LogP contribution in [-0.4, -0.2) is 17.5 Å². The number of piperidine rings is 1. The number of nitro groups is 1. The fourth-order valence-electron chi connectivity index (χ4n) is 3.18. The van der Waals surface area contributed by atoms with Gasteiger partial charge in [0, 0.05) is 16.1 Å². The summed E-state index contributed by atoms with van der Waals surface area (Å²) in [4.78, 5) is 11.1. The van der Waals surface area contributed by atoms with E-state index < -0.39 is 0 Å². The van der Waals surface area contributed by atoms with E-state index in [9.17, 15) is 10.1 Å². The minimum Gasteiger partial charge on any atom is -0.313 e. The first-order chi connectivity index (χ1) is 9.06. The van der Waals surface area contributed by atoms with E-state index in [0.29, 0.717) is 16.4 Å². The van der Waals surface area contributed by atoms with Crippen molar-refractivity contribution in [3.63, 3.8) is 0 Å². The monoisotopic (exact) mass is 388 g/mol. The molecule has 102 valence electrons. The summed E-state index contributed by atoms with van der Waals surface area (Å²) in [6, 6.07) is 2.50. The van der Waals surface area contributed by atoms with Crippen LogP contribution in [0.5, 0.6) is 0 Å². The molecule has 0 aromatic heterocycles. The Hall–Kier alpha value is -0.460. The van der Waals surface area contributed by atoms with Crippen LogP contribution in [-0.2, 0) is 12.8 Å². The zero-order valence-electron chi connectivity index (χ0n) is 10.3. The SMILES string of the molecule is O=[N+]([O-])c1c(Br)c(Br)cc2c1CC1CCC(C2)NC1. The number of nitrogens with zero attached hydrogens (tertiary/aromatic N) is 1. The lowest BCUT2D eigenvalue weighted by Gasteiger charge is -2.34. The number of hydrogen-bond acceptors (Lipinski definition) is 3. The van der Waals surface area contributed by atoms with Gasteiger partial charge in [-0.25, -0.2) is 0 Å². The van der Waals surface area contributed by atoms with E-state index in [4.69, 9.17) is 0 Å². The summed E-state index contributed by atoms with van der Waals surface area (Å²) < 4.78 is 1.34. The maximum atomic E-state index is 11.4. The average Bonchev–Trinajstić information content (AvgIpc) is 2.34. The molecule has 1 aliphatic carbocycles. The second kappa shape index (κ2) is 5.14. The Labute approximate surface area is 128 Å². The fraction of sp³-hybridized carbons (Fsp3) is 0.538. The second-order valence-electron chi connectivity index (χ2n) is 5.37. The molecule has 4 nitrogen and oxygen atoms in total. The summed E-state index contributed by atoms with van der Waals surface area (Å²) in [5.41, 5.74) is 2.29. The summed E-state index contributed by atoms with van der Waals surface area (Å²) >= 11 is 6.77. The van der Waals surface area contributed by atoms with Crippen molar-refractivity contribution in [3.8, 4) is 0 Å². The molecule has 0 radical (unpaired) electrons. The largest absolute Gasteiger partial charge is 0.313 e. The fourth-order valence-corrected chi connectivity index (χ4v) is 4.14. The van der Waals surface area contributed by atoms with Crippen LogP contribution in [0.2, 0.25) is 0 Å². The van der Waals surface area contributed by atoms with Gasteiger partial charge < -0.3 is 5.32 Å². The molecule has 3 aliphatic rings. The van der Waals surface area contributed by atoms with Crippen molar-refractivity contribution in [2.75, 3.05) is 6.54 Å². The zero-order valence-corrected chi connectivity index (χ0v) is 13.5. The van der Waals surface area contributed by atoms with E-state index in [1.165, 1.54) is 12.8 Å². The number of fused-ring (bicyclic) bond motifs is 2. The normalized spacial score (nSPS) is 25.6. The molecular weight excluding hydrogens is 376 g/mol. The van der Waals surface area contributed by atoms with Crippen LogP contribution in [0.4, 0.5) is 5.69 Å². The summed E-state index contributed by atoms with van der Waals surface area (Å²) in [6.45, 7) is 0.981. The van der Waals surface area contributed by atoms with Crippen molar-refractivity contribution in [1.29, 1.82) is 0 Å². The van der Waals surface area contributed by atoms with Crippen LogP contribution in [0.1, 0.15) is 24.0 Å². The van der Waals surface area contributed by atoms with Crippen LogP contribution in [0.3, 0.4) is 0 Å². The number of nitro benzene ring substituents is 1. The molecule has 1 fully saturated rings. The van der Waals surface area contributed by atoms with E-state index in [1.54, 1.807) is 0 Å². The molecule has 2 aliphatic heterocycles. The van der Waals surface area contributed by atoms with Crippen LogP contribution in [0, 0.1) is 16.0 Å². The lowest BCUT2D eigenvalue weighted by atomic mass is 9.81. The highest BCUT2D eigenvalue weighted by Gasteiger charge is 2.32. The van der Waals surface area contributed by atoms with Gasteiger partial charge in [-0.15, -0.1) is 0 Å². The lowest BCUT2D eigenvalue weighted by Crippen LogP contribution is -2.42. The summed E-state index contributed by atoms with van der Waals surface area (Å²) in [5, 5.41) is 14.9. The molecule has 1 N–H and O–H groups in total. The van der Waals surface area contributed by atoms with Crippen molar-refractivity contribution < 1.29 is 4.92 Å². The summed E-state index contributed by atoms with van der Waals surface area (Å²) in [7, 11) is 0. The minimum atomic E-state index is -0.254. The molecule has 0 amide bonds. The molecule has 1 aromatic carbocycles. The number of rotatable bonds is 1. The molecule has 2 heterocycles. The van der Waals surface area contributed by atoms with E-state index >= 15 is 0 Å². The Balaban J connectivity index is 2.17. The van der Waals surface area contributed by atoms with Gasteiger partial charge in [0.2, 0.25) is 0 Å². The van der Waals surface area contributed by atoms with Crippen molar-refractivity contribution in [2.24, 2.45) is 5.92 Å². The first kappa shape index (κ1) is 13.5. The third kappa shape index (κ3) is 2.45. The Morgan fingerprint density at radius 2 is 2.11 bits per heavy atom. The molecule has 6 heteroatoms. The van der Waals surface area contributed by atoms with Gasteiger partial charge >= 0.3 is 0 Å². The molecule has 4 rings (SSSR count). The van der Waals surface area contributed by atoms with Gasteiger partial charge in [-0.1, -0.05) is 0 Å². The maximum absolute atomic E-state index is 11.4. The molecule has 19 heavy (non-hydrogen) atoms. The third-order valence-electron chi connectivity index (χ3n) is 4.15. The molecule has 0 spiro atoms. The molecule has 1 aromatic rings. The highest BCUT2D eigenvalue weighted by Crippen LogP contribution is 2.41. The number of halogens is 2. The van der Waals surface area contributed by atoms with Gasteiger partial charge in [0.15, 0.2) is 0 Å². The highest BCUT2D eigenvalue weighted by molar-refractivity contribution is 9.13. The van der Waals surface area contributed by atoms with Gasteiger partial charge in [0.1, 0.15) is 4.47 Å². The number of nitrogens with one attached hydrogen (secondary N) is 1. The molecule has 1 saturated heterocycles. The summed E-state index contributed by atoms with van der Waals surface area (Å²) in [5.74, 6) is 0.516. The minimum absolute atomic E-state index is 0.247. The Kier molecular flexibility index (Phi) is 3.66.